The molecule has 0 fully saturated rings. The zero-order chi connectivity index (χ0) is 13.1. The van der Waals surface area contributed by atoms with E-state index in [0.717, 1.165) is 6.16 Å². The van der Waals surface area contributed by atoms with E-state index in [1.807, 2.05) is 0 Å². The van der Waals surface area contributed by atoms with Crippen molar-refractivity contribution in [1.29, 1.82) is 0 Å². The van der Waals surface area contributed by atoms with Gasteiger partial charge < -0.3 is 0 Å². The second-order valence-electron chi connectivity index (χ2n) is 5.12. The quantitative estimate of drug-likeness (QED) is 0.748. The standard InChI is InChI=1S/C13H26N3P/c1-14(2)17(15(3)4,16(5)6)12-13-10-8-7-9-11-13/h7-11,17H,12H2,1-6H3. The van der Waals surface area contributed by atoms with Crippen LogP contribution in [0.15, 0.2) is 30.3 Å². The number of hydrogen-bond donors (Lipinski definition) is 0. The number of benzene rings is 1. The van der Waals surface area contributed by atoms with Crippen LogP contribution in [0.25, 0.3) is 0 Å². The molecular formula is C13H26N3P. The maximum atomic E-state index is 2.40. The first-order valence-electron chi connectivity index (χ1n) is 5.97. The Morgan fingerprint density at radius 3 is 1.53 bits per heavy atom. The van der Waals surface area contributed by atoms with E-state index in [4.69, 9.17) is 0 Å². The third-order valence-electron chi connectivity index (χ3n) is 3.43. The summed E-state index contributed by atoms with van der Waals surface area (Å²) in [6.07, 6.45) is 1.11. The van der Waals surface area contributed by atoms with Gasteiger partial charge in [0.1, 0.15) is 0 Å². The third-order valence-corrected chi connectivity index (χ3v) is 8.61. The summed E-state index contributed by atoms with van der Waals surface area (Å²) in [4.78, 5) is 0. The summed E-state index contributed by atoms with van der Waals surface area (Å²) in [6, 6.07) is 10.8. The van der Waals surface area contributed by atoms with Crippen LogP contribution in [0.5, 0.6) is 0 Å². The molecule has 1 aromatic carbocycles. The molecule has 0 aromatic heterocycles. The average Bonchev–Trinajstić information content (AvgIpc) is 2.25. The van der Waals surface area contributed by atoms with Gasteiger partial charge in [-0.2, -0.15) is 0 Å². The molecule has 0 amide bonds. The van der Waals surface area contributed by atoms with E-state index in [1.54, 1.807) is 0 Å². The molecule has 3 nitrogen and oxygen atoms in total. The molecule has 0 N–H and O–H groups in total. The van der Waals surface area contributed by atoms with Gasteiger partial charge in [0.05, 0.1) is 0 Å². The Labute approximate surface area is 107 Å². The van der Waals surface area contributed by atoms with E-state index in [9.17, 15) is 0 Å². The van der Waals surface area contributed by atoms with Gasteiger partial charge in [-0.05, 0) is 0 Å². The Balaban J connectivity index is 3.07. The molecule has 0 saturated heterocycles. The first-order chi connectivity index (χ1) is 7.91. The fraction of sp³-hybridized carbons (Fsp3) is 0.538. The second kappa shape index (κ2) is 5.92. The van der Waals surface area contributed by atoms with Gasteiger partial charge in [0.15, 0.2) is 0 Å². The van der Waals surface area contributed by atoms with Crippen molar-refractivity contribution in [1.82, 2.24) is 14.0 Å². The molecule has 0 unspecified atom stereocenters. The summed E-state index contributed by atoms with van der Waals surface area (Å²) in [5, 5.41) is 0. The van der Waals surface area contributed by atoms with Gasteiger partial charge in [0, 0.05) is 0 Å². The number of hydrogen-bond acceptors (Lipinski definition) is 3. The van der Waals surface area contributed by atoms with Gasteiger partial charge in [0.25, 0.3) is 0 Å². The van der Waals surface area contributed by atoms with Crippen LogP contribution in [-0.2, 0) is 6.16 Å². The zero-order valence-corrected chi connectivity index (χ0v) is 12.9. The van der Waals surface area contributed by atoms with Crippen LogP contribution in [0.4, 0.5) is 0 Å². The molecular weight excluding hydrogens is 229 g/mol. The fourth-order valence-electron chi connectivity index (χ4n) is 2.54. The van der Waals surface area contributed by atoms with Gasteiger partial charge in [-0.15, -0.1) is 0 Å². The molecule has 0 heterocycles. The second-order valence-corrected chi connectivity index (χ2v) is 9.71. The van der Waals surface area contributed by atoms with Crippen LogP contribution in [0.3, 0.4) is 0 Å². The molecule has 0 bridgehead atoms. The van der Waals surface area contributed by atoms with Crippen molar-refractivity contribution in [3.05, 3.63) is 35.9 Å². The summed E-state index contributed by atoms with van der Waals surface area (Å²) < 4.78 is 7.21. The minimum absolute atomic E-state index is 1.11. The Morgan fingerprint density at radius 2 is 1.18 bits per heavy atom. The average molecular weight is 255 g/mol. The molecule has 98 valence electrons. The molecule has 4 heteroatoms. The predicted octanol–water partition coefficient (Wildman–Crippen LogP) is 2.37. The Kier molecular flexibility index (Phi) is 5.08. The topological polar surface area (TPSA) is 9.72 Å². The monoisotopic (exact) mass is 255 g/mol. The molecule has 0 atom stereocenters. The van der Waals surface area contributed by atoms with Crippen LogP contribution in [0.2, 0.25) is 0 Å². The van der Waals surface area contributed by atoms with Gasteiger partial charge in [-0.25, -0.2) is 0 Å². The molecule has 0 saturated carbocycles. The third kappa shape index (κ3) is 3.05. The van der Waals surface area contributed by atoms with E-state index in [0.29, 0.717) is 0 Å². The summed E-state index contributed by atoms with van der Waals surface area (Å²) in [5.74, 6) is 0. The van der Waals surface area contributed by atoms with Gasteiger partial charge >= 0.3 is 106 Å². The van der Waals surface area contributed by atoms with E-state index < -0.39 is 7.71 Å². The van der Waals surface area contributed by atoms with E-state index in [1.165, 1.54) is 5.56 Å². The summed E-state index contributed by atoms with van der Waals surface area (Å²) in [7, 11) is 11.4. The molecule has 0 spiro atoms. The van der Waals surface area contributed by atoms with Crippen LogP contribution in [-0.4, -0.2) is 56.3 Å². The molecule has 0 aliphatic heterocycles. The van der Waals surface area contributed by atoms with Gasteiger partial charge in [-0.3, -0.25) is 0 Å². The van der Waals surface area contributed by atoms with Crippen molar-refractivity contribution in [3.63, 3.8) is 0 Å². The minimum atomic E-state index is -1.77. The van der Waals surface area contributed by atoms with Crippen molar-refractivity contribution in [3.8, 4) is 0 Å². The predicted molar refractivity (Wildman–Crippen MR) is 79.5 cm³/mol. The van der Waals surface area contributed by atoms with E-state index >= 15 is 0 Å². The Morgan fingerprint density at radius 1 is 0.765 bits per heavy atom. The summed E-state index contributed by atoms with van der Waals surface area (Å²) >= 11 is 0. The van der Waals surface area contributed by atoms with Gasteiger partial charge in [0.2, 0.25) is 0 Å². The number of nitrogens with zero attached hydrogens (tertiary/aromatic N) is 3. The SMILES string of the molecule is CN(C)[PH](Cc1ccccc1)(N(C)C)N(C)C. The van der Waals surface area contributed by atoms with Crippen molar-refractivity contribution in [2.45, 2.75) is 6.16 Å². The fourth-order valence-corrected chi connectivity index (χ4v) is 6.68. The van der Waals surface area contributed by atoms with Crippen molar-refractivity contribution < 1.29 is 0 Å². The van der Waals surface area contributed by atoms with Crippen LogP contribution < -0.4 is 0 Å². The Hall–Kier alpha value is -0.470. The molecule has 1 aromatic rings. The van der Waals surface area contributed by atoms with Crippen molar-refractivity contribution >= 4 is 7.71 Å². The van der Waals surface area contributed by atoms with E-state index in [2.05, 4.69) is 86.6 Å². The molecule has 1 rings (SSSR count). The molecule has 0 aliphatic carbocycles. The van der Waals surface area contributed by atoms with Crippen molar-refractivity contribution in [2.24, 2.45) is 0 Å². The summed E-state index contributed by atoms with van der Waals surface area (Å²) in [6.45, 7) is 0. The Bertz CT molecular complexity index is 314. The van der Waals surface area contributed by atoms with Gasteiger partial charge in [-0.1, -0.05) is 0 Å². The zero-order valence-electron chi connectivity index (χ0n) is 11.9. The van der Waals surface area contributed by atoms with Crippen LogP contribution in [0.1, 0.15) is 5.56 Å². The molecule has 0 aliphatic rings. The number of rotatable bonds is 5. The first kappa shape index (κ1) is 14.6. The van der Waals surface area contributed by atoms with Crippen molar-refractivity contribution in [2.75, 3.05) is 42.3 Å². The molecule has 0 radical (unpaired) electrons. The van der Waals surface area contributed by atoms with Crippen LogP contribution in [0, 0.1) is 0 Å². The first-order valence-corrected chi connectivity index (χ1v) is 8.02. The van der Waals surface area contributed by atoms with E-state index in [-0.39, 0.29) is 0 Å². The molecule has 17 heavy (non-hydrogen) atoms. The maximum absolute atomic E-state index is 2.40. The van der Waals surface area contributed by atoms with Crippen LogP contribution >= 0.6 is 7.71 Å². The summed E-state index contributed by atoms with van der Waals surface area (Å²) in [5.41, 5.74) is 1.41. The normalized spacial score (nSPS) is 13.7.